The van der Waals surface area contributed by atoms with Crippen LogP contribution in [-0.2, 0) is 0 Å². The summed E-state index contributed by atoms with van der Waals surface area (Å²) < 4.78 is 0. The van der Waals surface area contributed by atoms with Crippen molar-refractivity contribution in [2.75, 3.05) is 19.4 Å². The smallest absolute Gasteiger partial charge is 0.322 e. The van der Waals surface area contributed by atoms with Gasteiger partial charge in [0.25, 0.3) is 5.91 Å². The highest BCUT2D eigenvalue weighted by Crippen LogP contribution is 2.22. The van der Waals surface area contributed by atoms with E-state index in [4.69, 9.17) is 0 Å². The number of urea groups is 1. The van der Waals surface area contributed by atoms with Gasteiger partial charge in [-0.05, 0) is 37.1 Å². The van der Waals surface area contributed by atoms with Gasteiger partial charge in [-0.15, -0.1) is 0 Å². The Hall–Kier alpha value is -2.82. The zero-order valence-corrected chi connectivity index (χ0v) is 14.5. The molecule has 0 saturated carbocycles. The summed E-state index contributed by atoms with van der Waals surface area (Å²) >= 11 is 0. The molecule has 5 nitrogen and oxygen atoms in total. The third-order valence-electron chi connectivity index (χ3n) is 4.23. The molecule has 1 unspecified atom stereocenters. The van der Waals surface area contributed by atoms with Crippen LogP contribution in [0.2, 0.25) is 0 Å². The third kappa shape index (κ3) is 3.74. The normalized spacial score (nSPS) is 11.5. The third-order valence-corrected chi connectivity index (χ3v) is 4.23. The van der Waals surface area contributed by atoms with Crippen LogP contribution in [0.1, 0.15) is 34.5 Å². The minimum absolute atomic E-state index is 0.0615. The van der Waals surface area contributed by atoms with Crippen LogP contribution in [0.25, 0.3) is 0 Å². The molecule has 3 amide bonds. The first-order valence-electron chi connectivity index (χ1n) is 7.86. The highest BCUT2D eigenvalue weighted by atomic mass is 16.2. The van der Waals surface area contributed by atoms with Crippen molar-refractivity contribution in [3.05, 3.63) is 65.2 Å². The van der Waals surface area contributed by atoms with Crippen molar-refractivity contribution in [1.82, 2.24) is 10.2 Å². The summed E-state index contributed by atoms with van der Waals surface area (Å²) in [5, 5.41) is 5.49. The van der Waals surface area contributed by atoms with E-state index < -0.39 is 0 Å². The predicted octanol–water partition coefficient (Wildman–Crippen LogP) is 3.58. The number of carbonyl (C=O) groups excluding carboxylic acids is 2. The molecule has 0 saturated heterocycles. The van der Waals surface area contributed by atoms with Gasteiger partial charge in [0.1, 0.15) is 0 Å². The van der Waals surface area contributed by atoms with Gasteiger partial charge in [-0.2, -0.15) is 0 Å². The zero-order valence-electron chi connectivity index (χ0n) is 14.5. The molecule has 0 aromatic heterocycles. The fourth-order valence-electron chi connectivity index (χ4n) is 2.49. The highest BCUT2D eigenvalue weighted by molar-refractivity contribution is 5.98. The van der Waals surface area contributed by atoms with Crippen molar-refractivity contribution in [1.29, 1.82) is 0 Å². The fraction of sp³-hybridized carbons (Fsp3) is 0.263. The summed E-state index contributed by atoms with van der Waals surface area (Å²) in [6.45, 7) is 3.80. The molecule has 2 rings (SSSR count). The molecule has 5 heteroatoms. The molecule has 0 aliphatic heterocycles. The molecule has 0 aliphatic rings. The van der Waals surface area contributed by atoms with Crippen LogP contribution < -0.4 is 10.6 Å². The molecule has 1 atom stereocenters. The summed E-state index contributed by atoms with van der Waals surface area (Å²) in [6, 6.07) is 14.8. The van der Waals surface area contributed by atoms with E-state index in [0.717, 1.165) is 11.1 Å². The van der Waals surface area contributed by atoms with Crippen LogP contribution in [0, 0.1) is 6.92 Å². The van der Waals surface area contributed by atoms with Gasteiger partial charge in [-0.1, -0.05) is 36.4 Å². The SMILES string of the molecule is CNC(=O)c1cccc(NC(=O)N(C)C(C)c2ccccc2)c1C. The Morgan fingerprint density at radius 3 is 2.33 bits per heavy atom. The minimum Gasteiger partial charge on any atom is -0.355 e. The van der Waals surface area contributed by atoms with E-state index in [9.17, 15) is 9.59 Å². The highest BCUT2D eigenvalue weighted by Gasteiger charge is 2.19. The average molecular weight is 325 g/mol. The van der Waals surface area contributed by atoms with Crippen LogP contribution in [0.5, 0.6) is 0 Å². The maximum absolute atomic E-state index is 12.5. The molecule has 0 bridgehead atoms. The molecule has 0 spiro atoms. The van der Waals surface area contributed by atoms with Crippen LogP contribution in [-0.4, -0.2) is 30.9 Å². The van der Waals surface area contributed by atoms with Crippen LogP contribution >= 0.6 is 0 Å². The van der Waals surface area contributed by atoms with Gasteiger partial charge in [0.2, 0.25) is 0 Å². The maximum atomic E-state index is 12.5. The summed E-state index contributed by atoms with van der Waals surface area (Å²) in [6.07, 6.45) is 0. The largest absolute Gasteiger partial charge is 0.355 e. The van der Waals surface area contributed by atoms with Gasteiger partial charge in [-0.25, -0.2) is 4.79 Å². The second-order valence-corrected chi connectivity index (χ2v) is 5.68. The molecule has 126 valence electrons. The number of hydrogen-bond donors (Lipinski definition) is 2. The van der Waals surface area contributed by atoms with Gasteiger partial charge in [0, 0.05) is 25.3 Å². The number of nitrogens with one attached hydrogen (secondary N) is 2. The number of rotatable bonds is 4. The molecular formula is C19H23N3O2. The lowest BCUT2D eigenvalue weighted by Crippen LogP contribution is -2.34. The summed E-state index contributed by atoms with van der Waals surface area (Å²) in [5.41, 5.74) is 2.99. The number of amides is 3. The lowest BCUT2D eigenvalue weighted by Gasteiger charge is -2.26. The Morgan fingerprint density at radius 1 is 1.04 bits per heavy atom. The van der Waals surface area contributed by atoms with Gasteiger partial charge in [0.05, 0.1) is 6.04 Å². The van der Waals surface area contributed by atoms with Gasteiger partial charge in [0.15, 0.2) is 0 Å². The molecule has 2 N–H and O–H groups in total. The molecule has 2 aromatic carbocycles. The summed E-state index contributed by atoms with van der Waals surface area (Å²) in [4.78, 5) is 26.0. The van der Waals surface area contributed by atoms with Crippen molar-refractivity contribution in [3.63, 3.8) is 0 Å². The molecule has 0 aliphatic carbocycles. The minimum atomic E-state index is -0.219. The Bertz CT molecular complexity index is 729. The predicted molar refractivity (Wildman–Crippen MR) is 96.2 cm³/mol. The maximum Gasteiger partial charge on any atom is 0.322 e. The van der Waals surface area contributed by atoms with Crippen LogP contribution in [0.15, 0.2) is 48.5 Å². The van der Waals surface area contributed by atoms with Gasteiger partial charge >= 0.3 is 6.03 Å². The average Bonchev–Trinajstić information content (AvgIpc) is 2.62. The van der Waals surface area contributed by atoms with Gasteiger partial charge in [-0.3, -0.25) is 4.79 Å². The number of hydrogen-bond acceptors (Lipinski definition) is 2. The van der Waals surface area contributed by atoms with E-state index in [1.165, 1.54) is 0 Å². The van der Waals surface area contributed by atoms with E-state index in [1.807, 2.05) is 44.2 Å². The quantitative estimate of drug-likeness (QED) is 0.902. The van der Waals surface area contributed by atoms with E-state index in [0.29, 0.717) is 11.3 Å². The van der Waals surface area contributed by atoms with Crippen molar-refractivity contribution in [3.8, 4) is 0 Å². The molecule has 0 fully saturated rings. The van der Waals surface area contributed by atoms with Crippen molar-refractivity contribution in [2.45, 2.75) is 19.9 Å². The number of carbonyl (C=O) groups is 2. The van der Waals surface area contributed by atoms with E-state index in [-0.39, 0.29) is 18.0 Å². The first kappa shape index (κ1) is 17.5. The molecule has 2 aromatic rings. The number of benzene rings is 2. The Labute approximate surface area is 142 Å². The Balaban J connectivity index is 2.16. The van der Waals surface area contributed by atoms with Crippen molar-refractivity contribution >= 4 is 17.6 Å². The number of anilines is 1. The topological polar surface area (TPSA) is 61.4 Å². The monoisotopic (exact) mass is 325 g/mol. The van der Waals surface area contributed by atoms with E-state index >= 15 is 0 Å². The van der Waals surface area contributed by atoms with E-state index in [1.54, 1.807) is 37.2 Å². The summed E-state index contributed by atoms with van der Waals surface area (Å²) in [7, 11) is 3.34. The Kier molecular flexibility index (Phi) is 5.58. The van der Waals surface area contributed by atoms with Gasteiger partial charge < -0.3 is 15.5 Å². The fourth-order valence-corrected chi connectivity index (χ4v) is 2.49. The first-order chi connectivity index (χ1) is 11.5. The molecule has 0 heterocycles. The summed E-state index contributed by atoms with van der Waals surface area (Å²) in [5.74, 6) is -0.172. The molecule has 24 heavy (non-hydrogen) atoms. The van der Waals surface area contributed by atoms with Crippen molar-refractivity contribution < 1.29 is 9.59 Å². The second kappa shape index (κ2) is 7.64. The molecular weight excluding hydrogens is 302 g/mol. The number of nitrogens with zero attached hydrogens (tertiary/aromatic N) is 1. The van der Waals surface area contributed by atoms with Crippen molar-refractivity contribution in [2.24, 2.45) is 0 Å². The standard InChI is InChI=1S/C19H23N3O2/c1-13-16(18(23)20-3)11-8-12-17(13)21-19(24)22(4)14(2)15-9-6-5-7-10-15/h5-12,14H,1-4H3,(H,20,23)(H,21,24). The Morgan fingerprint density at radius 2 is 1.71 bits per heavy atom. The van der Waals surface area contributed by atoms with Crippen LogP contribution in [0.4, 0.5) is 10.5 Å². The molecule has 0 radical (unpaired) electrons. The lowest BCUT2D eigenvalue weighted by molar-refractivity contribution is 0.0962. The first-order valence-corrected chi connectivity index (χ1v) is 7.86. The zero-order chi connectivity index (χ0) is 17.7. The lowest BCUT2D eigenvalue weighted by atomic mass is 10.1. The van der Waals surface area contributed by atoms with Crippen LogP contribution in [0.3, 0.4) is 0 Å². The second-order valence-electron chi connectivity index (χ2n) is 5.68. The van der Waals surface area contributed by atoms with E-state index in [2.05, 4.69) is 10.6 Å².